The van der Waals surface area contributed by atoms with Crippen molar-refractivity contribution in [3.8, 4) is 0 Å². The van der Waals surface area contributed by atoms with E-state index in [1.807, 2.05) is 0 Å². The summed E-state index contributed by atoms with van der Waals surface area (Å²) in [5.74, 6) is -2.31. The summed E-state index contributed by atoms with van der Waals surface area (Å²) in [5, 5.41) is 2.82. The van der Waals surface area contributed by atoms with Crippen LogP contribution >= 0.6 is 15.9 Å². The molecule has 0 aliphatic heterocycles. The molecule has 17 heavy (non-hydrogen) atoms. The smallest absolute Gasteiger partial charge is 0.251 e. The maximum Gasteiger partial charge on any atom is 0.251 e. The van der Waals surface area contributed by atoms with Crippen molar-refractivity contribution in [2.75, 3.05) is 0 Å². The van der Waals surface area contributed by atoms with Crippen LogP contribution in [0.25, 0.3) is 0 Å². The van der Waals surface area contributed by atoms with Gasteiger partial charge in [0.2, 0.25) is 0 Å². The highest BCUT2D eigenvalue weighted by atomic mass is 79.9. The largest absolute Gasteiger partial charge is 0.348 e. The molecule has 1 N–H and O–H groups in total. The van der Waals surface area contributed by atoms with Gasteiger partial charge in [-0.15, -0.1) is 0 Å². The van der Waals surface area contributed by atoms with Gasteiger partial charge in [-0.1, -0.05) is 22.4 Å². The number of amides is 1. The Labute approximate surface area is 107 Å². The van der Waals surface area contributed by atoms with Gasteiger partial charge in [-0.25, -0.2) is 8.78 Å². The number of benzene rings is 1. The lowest BCUT2D eigenvalue weighted by atomic mass is 10.1. The van der Waals surface area contributed by atoms with Crippen LogP contribution in [0.5, 0.6) is 0 Å². The van der Waals surface area contributed by atoms with Crippen LogP contribution in [0.1, 0.15) is 29.6 Å². The second-order valence-electron chi connectivity index (χ2n) is 4.16. The lowest BCUT2D eigenvalue weighted by molar-refractivity contribution is 0.0938. The Kier molecular flexibility index (Phi) is 3.76. The zero-order chi connectivity index (χ0) is 12.4. The van der Waals surface area contributed by atoms with Gasteiger partial charge in [-0.05, 0) is 31.0 Å². The first-order chi connectivity index (χ1) is 8.08. The molecular formula is C12H12BrF2NO. The predicted molar refractivity (Wildman–Crippen MR) is 64.2 cm³/mol. The molecule has 0 saturated heterocycles. The molecule has 1 aliphatic rings. The number of hydrogen-bond donors (Lipinski definition) is 1. The number of nitrogens with one attached hydrogen (secondary N) is 1. The zero-order valence-corrected chi connectivity index (χ0v) is 10.6. The summed E-state index contributed by atoms with van der Waals surface area (Å²) in [4.78, 5) is 12.0. The molecule has 2 nitrogen and oxygen atoms in total. The molecule has 2 atom stereocenters. The molecule has 1 amide bonds. The van der Waals surface area contributed by atoms with Crippen LogP contribution in [0.15, 0.2) is 18.2 Å². The Morgan fingerprint density at radius 2 is 2.06 bits per heavy atom. The van der Waals surface area contributed by atoms with Crippen LogP contribution in [0.2, 0.25) is 0 Å². The van der Waals surface area contributed by atoms with Crippen molar-refractivity contribution >= 4 is 21.8 Å². The number of rotatable bonds is 2. The van der Waals surface area contributed by atoms with E-state index >= 15 is 0 Å². The molecule has 0 aromatic heterocycles. The normalized spacial score (nSPS) is 23.7. The highest BCUT2D eigenvalue weighted by Crippen LogP contribution is 2.25. The van der Waals surface area contributed by atoms with E-state index in [9.17, 15) is 13.6 Å². The van der Waals surface area contributed by atoms with Gasteiger partial charge in [0.15, 0.2) is 11.6 Å². The summed E-state index contributed by atoms with van der Waals surface area (Å²) < 4.78 is 25.7. The minimum Gasteiger partial charge on any atom is -0.348 e. The van der Waals surface area contributed by atoms with E-state index in [4.69, 9.17) is 0 Å². The first-order valence-corrected chi connectivity index (χ1v) is 6.39. The van der Waals surface area contributed by atoms with E-state index in [1.54, 1.807) is 0 Å². The highest BCUT2D eigenvalue weighted by Gasteiger charge is 2.26. The Bertz CT molecular complexity index is 439. The van der Waals surface area contributed by atoms with E-state index in [-0.39, 0.29) is 22.3 Å². The average Bonchev–Trinajstić information content (AvgIpc) is 2.68. The molecule has 2 unspecified atom stereocenters. The standard InChI is InChI=1S/C12H12BrF2NO/c13-8-2-1-3-11(8)16-12(17)7-4-5-9(14)10(15)6-7/h4-6,8,11H,1-3H2,(H,16,17). The summed E-state index contributed by atoms with van der Waals surface area (Å²) in [7, 11) is 0. The number of carbonyl (C=O) groups excluding carboxylic acids is 1. The fourth-order valence-electron chi connectivity index (χ4n) is 1.97. The van der Waals surface area contributed by atoms with Crippen molar-refractivity contribution in [2.24, 2.45) is 0 Å². The third-order valence-electron chi connectivity index (χ3n) is 2.93. The fourth-order valence-corrected chi connectivity index (χ4v) is 2.69. The second kappa shape index (κ2) is 5.12. The molecule has 1 fully saturated rings. The fraction of sp³-hybridized carbons (Fsp3) is 0.417. The highest BCUT2D eigenvalue weighted by molar-refractivity contribution is 9.09. The van der Waals surface area contributed by atoms with Crippen molar-refractivity contribution in [3.63, 3.8) is 0 Å². The van der Waals surface area contributed by atoms with Crippen molar-refractivity contribution in [1.82, 2.24) is 5.32 Å². The molecule has 0 spiro atoms. The van der Waals surface area contributed by atoms with E-state index in [0.29, 0.717) is 0 Å². The molecule has 1 aliphatic carbocycles. The van der Waals surface area contributed by atoms with Crippen LogP contribution in [-0.4, -0.2) is 16.8 Å². The number of carbonyl (C=O) groups is 1. The quantitative estimate of drug-likeness (QED) is 0.836. The molecule has 1 saturated carbocycles. The lowest BCUT2D eigenvalue weighted by Crippen LogP contribution is -2.37. The first-order valence-electron chi connectivity index (χ1n) is 5.48. The third kappa shape index (κ3) is 2.83. The minimum absolute atomic E-state index is 0.0654. The van der Waals surface area contributed by atoms with Gasteiger partial charge in [0.1, 0.15) is 0 Å². The van der Waals surface area contributed by atoms with Gasteiger partial charge in [0, 0.05) is 16.4 Å². The molecule has 0 radical (unpaired) electrons. The number of halogens is 3. The monoisotopic (exact) mass is 303 g/mol. The molecule has 0 bridgehead atoms. The van der Waals surface area contributed by atoms with Crippen molar-refractivity contribution in [2.45, 2.75) is 30.1 Å². The maximum atomic E-state index is 13.0. The van der Waals surface area contributed by atoms with Gasteiger partial charge in [0.05, 0.1) is 0 Å². The molecule has 2 rings (SSSR count). The Balaban J connectivity index is 2.06. The topological polar surface area (TPSA) is 29.1 Å². The van der Waals surface area contributed by atoms with Crippen LogP contribution in [0.3, 0.4) is 0 Å². The van der Waals surface area contributed by atoms with Crippen molar-refractivity contribution < 1.29 is 13.6 Å². The summed E-state index contributed by atoms with van der Waals surface area (Å²) in [6, 6.07) is 3.23. The minimum atomic E-state index is -1.00. The molecule has 5 heteroatoms. The summed E-state index contributed by atoms with van der Waals surface area (Å²) in [5.41, 5.74) is 0.149. The van der Waals surface area contributed by atoms with Gasteiger partial charge in [-0.3, -0.25) is 4.79 Å². The Morgan fingerprint density at radius 3 is 2.65 bits per heavy atom. The third-order valence-corrected chi connectivity index (χ3v) is 4.03. The van der Waals surface area contributed by atoms with Crippen LogP contribution in [-0.2, 0) is 0 Å². The van der Waals surface area contributed by atoms with Crippen LogP contribution in [0, 0.1) is 11.6 Å². The van der Waals surface area contributed by atoms with E-state index in [0.717, 1.165) is 31.4 Å². The molecule has 1 aromatic carbocycles. The number of hydrogen-bond acceptors (Lipinski definition) is 1. The summed E-state index contributed by atoms with van der Waals surface area (Å²) in [6.07, 6.45) is 2.98. The first kappa shape index (κ1) is 12.5. The predicted octanol–water partition coefficient (Wildman–Crippen LogP) is 3.01. The van der Waals surface area contributed by atoms with Crippen molar-refractivity contribution in [1.29, 1.82) is 0 Å². The zero-order valence-electron chi connectivity index (χ0n) is 9.05. The number of alkyl halides is 1. The average molecular weight is 304 g/mol. The molecule has 1 aromatic rings. The summed E-state index contributed by atoms with van der Waals surface area (Å²) >= 11 is 3.48. The summed E-state index contributed by atoms with van der Waals surface area (Å²) in [6.45, 7) is 0. The van der Waals surface area contributed by atoms with E-state index < -0.39 is 11.6 Å². The molecular weight excluding hydrogens is 292 g/mol. The Hall–Kier alpha value is -0.970. The maximum absolute atomic E-state index is 13.0. The second-order valence-corrected chi connectivity index (χ2v) is 5.33. The SMILES string of the molecule is O=C(NC1CCCC1Br)c1ccc(F)c(F)c1. The van der Waals surface area contributed by atoms with Gasteiger partial charge < -0.3 is 5.32 Å². The lowest BCUT2D eigenvalue weighted by Gasteiger charge is -2.16. The van der Waals surface area contributed by atoms with Gasteiger partial charge in [-0.2, -0.15) is 0 Å². The van der Waals surface area contributed by atoms with Crippen LogP contribution in [0.4, 0.5) is 8.78 Å². The Morgan fingerprint density at radius 1 is 1.29 bits per heavy atom. The van der Waals surface area contributed by atoms with E-state index in [1.165, 1.54) is 6.07 Å². The van der Waals surface area contributed by atoms with Crippen molar-refractivity contribution in [3.05, 3.63) is 35.4 Å². The van der Waals surface area contributed by atoms with Gasteiger partial charge in [0.25, 0.3) is 5.91 Å². The van der Waals surface area contributed by atoms with Gasteiger partial charge >= 0.3 is 0 Å². The van der Waals surface area contributed by atoms with Crippen LogP contribution < -0.4 is 5.32 Å². The van der Waals surface area contributed by atoms with E-state index in [2.05, 4.69) is 21.2 Å². The molecule has 92 valence electrons. The molecule has 0 heterocycles.